The summed E-state index contributed by atoms with van der Waals surface area (Å²) in [6.45, 7) is 7.74. The van der Waals surface area contributed by atoms with E-state index in [1.165, 1.54) is 18.2 Å². The van der Waals surface area contributed by atoms with Crippen molar-refractivity contribution < 1.29 is 18.7 Å². The number of ether oxygens (including phenoxy) is 1. The van der Waals surface area contributed by atoms with Crippen molar-refractivity contribution in [3.05, 3.63) is 94.9 Å². The van der Waals surface area contributed by atoms with E-state index in [2.05, 4.69) is 5.32 Å². The third-order valence-electron chi connectivity index (χ3n) is 5.30. The molecule has 0 saturated heterocycles. The highest BCUT2D eigenvalue weighted by Crippen LogP contribution is 2.35. The summed E-state index contributed by atoms with van der Waals surface area (Å²) in [6, 6.07) is 18.3. The van der Waals surface area contributed by atoms with Crippen LogP contribution in [-0.2, 0) is 9.59 Å². The summed E-state index contributed by atoms with van der Waals surface area (Å²) in [7, 11) is 0. The maximum Gasteiger partial charge on any atom is 0.282 e. The molecule has 0 aromatic heterocycles. The predicted octanol–water partition coefficient (Wildman–Crippen LogP) is 5.63. The fourth-order valence-corrected chi connectivity index (χ4v) is 3.87. The predicted molar refractivity (Wildman–Crippen MR) is 128 cm³/mol. The number of nitrogens with zero attached hydrogens (tertiary/aromatic N) is 1. The fourth-order valence-electron chi connectivity index (χ4n) is 3.87. The molecule has 0 bridgehead atoms. The molecule has 3 aromatic rings. The molecular formula is C27H25FN2O3. The fraction of sp³-hybridized carbons (Fsp3) is 0.185. The summed E-state index contributed by atoms with van der Waals surface area (Å²) in [5.74, 6) is -0.861. The Kier molecular flexibility index (Phi) is 6.01. The van der Waals surface area contributed by atoms with E-state index in [-0.39, 0.29) is 23.1 Å². The van der Waals surface area contributed by atoms with Crippen molar-refractivity contribution in [1.82, 2.24) is 0 Å². The van der Waals surface area contributed by atoms with Gasteiger partial charge in [-0.2, -0.15) is 0 Å². The molecule has 1 aliphatic heterocycles. The lowest BCUT2D eigenvalue weighted by molar-refractivity contribution is -0.120. The molecule has 33 heavy (non-hydrogen) atoms. The van der Waals surface area contributed by atoms with Gasteiger partial charge in [-0.1, -0.05) is 29.8 Å². The van der Waals surface area contributed by atoms with Crippen molar-refractivity contribution in [3.8, 4) is 5.75 Å². The first-order chi connectivity index (χ1) is 15.7. The Hall–Kier alpha value is -3.93. The number of aryl methyl sites for hydroxylation is 2. The molecule has 2 amide bonds. The average Bonchev–Trinajstić information content (AvgIpc) is 2.99. The summed E-state index contributed by atoms with van der Waals surface area (Å²) in [6.07, 6.45) is 0.0384. The van der Waals surface area contributed by atoms with E-state index in [0.717, 1.165) is 16.0 Å². The number of carbonyl (C=O) groups excluding carboxylic acids is 2. The van der Waals surface area contributed by atoms with Crippen molar-refractivity contribution in [2.24, 2.45) is 0 Å². The molecule has 0 fully saturated rings. The second-order valence-electron chi connectivity index (χ2n) is 8.31. The Morgan fingerprint density at radius 2 is 1.64 bits per heavy atom. The number of halogens is 1. The minimum absolute atomic E-state index is 0.0384. The van der Waals surface area contributed by atoms with E-state index in [4.69, 9.17) is 4.74 Å². The van der Waals surface area contributed by atoms with Crippen LogP contribution < -0.4 is 15.0 Å². The molecule has 1 N–H and O–H groups in total. The summed E-state index contributed by atoms with van der Waals surface area (Å²) < 4.78 is 19.6. The lowest BCUT2D eigenvalue weighted by Crippen LogP contribution is -2.32. The van der Waals surface area contributed by atoms with Gasteiger partial charge in [0.15, 0.2) is 0 Å². The Labute approximate surface area is 192 Å². The van der Waals surface area contributed by atoms with Crippen molar-refractivity contribution in [3.63, 3.8) is 0 Å². The van der Waals surface area contributed by atoms with E-state index < -0.39 is 17.6 Å². The van der Waals surface area contributed by atoms with Crippen LogP contribution in [0.5, 0.6) is 5.75 Å². The zero-order valence-corrected chi connectivity index (χ0v) is 19.0. The average molecular weight is 445 g/mol. The largest absolute Gasteiger partial charge is 0.491 e. The van der Waals surface area contributed by atoms with Gasteiger partial charge in [0, 0.05) is 5.69 Å². The maximum absolute atomic E-state index is 13.9. The van der Waals surface area contributed by atoms with E-state index in [1.807, 2.05) is 45.9 Å². The lowest BCUT2D eigenvalue weighted by atomic mass is 9.97. The van der Waals surface area contributed by atoms with Crippen LogP contribution in [0.2, 0.25) is 0 Å². The zero-order valence-electron chi connectivity index (χ0n) is 19.0. The number of imide groups is 1. The number of benzene rings is 3. The second-order valence-corrected chi connectivity index (χ2v) is 8.31. The van der Waals surface area contributed by atoms with Crippen molar-refractivity contribution >= 4 is 28.8 Å². The highest BCUT2D eigenvalue weighted by atomic mass is 19.1. The number of hydrogen-bond donors (Lipinski definition) is 1. The van der Waals surface area contributed by atoms with E-state index in [0.29, 0.717) is 17.0 Å². The molecule has 0 atom stereocenters. The molecule has 1 heterocycles. The summed E-state index contributed by atoms with van der Waals surface area (Å²) in [4.78, 5) is 28.0. The van der Waals surface area contributed by atoms with Gasteiger partial charge in [0.1, 0.15) is 17.3 Å². The Balaban J connectivity index is 1.78. The van der Waals surface area contributed by atoms with Gasteiger partial charge < -0.3 is 10.1 Å². The minimum atomic E-state index is -0.539. The molecule has 0 unspecified atom stereocenters. The van der Waals surface area contributed by atoms with Crippen molar-refractivity contribution in [2.75, 3.05) is 10.2 Å². The first-order valence-corrected chi connectivity index (χ1v) is 10.7. The standard InChI is InChI=1S/C27H25FN2O3/c1-16(2)33-22-11-9-20(10-12-22)29-25-24(23-13-8-17(3)14-18(23)4)26(31)30(27(25)32)21-7-5-6-19(28)15-21/h5-16,29H,1-4H3. The topological polar surface area (TPSA) is 58.6 Å². The molecule has 0 saturated carbocycles. The lowest BCUT2D eigenvalue weighted by Gasteiger charge is -2.15. The van der Waals surface area contributed by atoms with Gasteiger partial charge in [-0.25, -0.2) is 9.29 Å². The number of hydrogen-bond acceptors (Lipinski definition) is 4. The highest BCUT2D eigenvalue weighted by molar-refractivity contribution is 6.46. The maximum atomic E-state index is 13.9. The summed E-state index contributed by atoms with van der Waals surface area (Å²) >= 11 is 0. The number of nitrogens with one attached hydrogen (secondary N) is 1. The summed E-state index contributed by atoms with van der Waals surface area (Å²) in [5.41, 5.74) is 3.78. The minimum Gasteiger partial charge on any atom is -0.491 e. The van der Waals surface area contributed by atoms with Crippen molar-refractivity contribution in [2.45, 2.75) is 33.8 Å². The van der Waals surface area contributed by atoms with Crippen LogP contribution in [0.15, 0.2) is 72.4 Å². The van der Waals surface area contributed by atoms with Crippen molar-refractivity contribution in [1.29, 1.82) is 0 Å². The monoisotopic (exact) mass is 444 g/mol. The van der Waals surface area contributed by atoms with Crippen LogP contribution in [0, 0.1) is 19.7 Å². The second kappa shape index (κ2) is 8.90. The molecular weight excluding hydrogens is 419 g/mol. The Morgan fingerprint density at radius 1 is 0.909 bits per heavy atom. The van der Waals surface area contributed by atoms with Gasteiger partial charge in [-0.05, 0) is 81.3 Å². The third-order valence-corrected chi connectivity index (χ3v) is 5.30. The molecule has 0 aliphatic carbocycles. The van der Waals surface area contributed by atoms with Crippen LogP contribution in [-0.4, -0.2) is 17.9 Å². The van der Waals surface area contributed by atoms with E-state index in [9.17, 15) is 14.0 Å². The molecule has 5 nitrogen and oxygen atoms in total. The molecule has 6 heteroatoms. The zero-order chi connectivity index (χ0) is 23.7. The van der Waals surface area contributed by atoms with Crippen LogP contribution in [0.3, 0.4) is 0 Å². The van der Waals surface area contributed by atoms with E-state index in [1.54, 1.807) is 30.3 Å². The molecule has 3 aromatic carbocycles. The van der Waals surface area contributed by atoms with E-state index >= 15 is 0 Å². The van der Waals surface area contributed by atoms with Crippen LogP contribution in [0.25, 0.3) is 5.57 Å². The van der Waals surface area contributed by atoms with Gasteiger partial charge in [-0.3, -0.25) is 9.59 Å². The quantitative estimate of drug-likeness (QED) is 0.501. The van der Waals surface area contributed by atoms with Crippen LogP contribution in [0.4, 0.5) is 15.8 Å². The molecule has 168 valence electrons. The third kappa shape index (κ3) is 4.51. The molecule has 0 radical (unpaired) electrons. The first-order valence-electron chi connectivity index (χ1n) is 10.7. The highest BCUT2D eigenvalue weighted by Gasteiger charge is 2.40. The van der Waals surface area contributed by atoms with Crippen LogP contribution >= 0.6 is 0 Å². The molecule has 1 aliphatic rings. The van der Waals surface area contributed by atoms with Gasteiger partial charge in [0.25, 0.3) is 11.8 Å². The first kappa shape index (κ1) is 22.3. The SMILES string of the molecule is Cc1ccc(C2=C(Nc3ccc(OC(C)C)cc3)C(=O)N(c3cccc(F)c3)C2=O)c(C)c1. The summed E-state index contributed by atoms with van der Waals surface area (Å²) in [5, 5.41) is 3.12. The number of carbonyl (C=O) groups is 2. The van der Waals surface area contributed by atoms with Crippen LogP contribution in [0.1, 0.15) is 30.5 Å². The van der Waals surface area contributed by atoms with Gasteiger partial charge in [0.2, 0.25) is 0 Å². The molecule has 0 spiro atoms. The smallest absolute Gasteiger partial charge is 0.282 e. The Morgan fingerprint density at radius 3 is 2.27 bits per heavy atom. The van der Waals surface area contributed by atoms with Gasteiger partial charge >= 0.3 is 0 Å². The number of amides is 2. The normalized spacial score (nSPS) is 13.8. The number of anilines is 2. The molecule has 4 rings (SSSR count). The number of rotatable bonds is 6. The van der Waals surface area contributed by atoms with Gasteiger partial charge in [-0.15, -0.1) is 0 Å². The van der Waals surface area contributed by atoms with Gasteiger partial charge in [0.05, 0.1) is 17.4 Å². The Bertz CT molecular complexity index is 1260.